The molecule has 0 aromatic carbocycles. The van der Waals surface area contributed by atoms with Crippen LogP contribution in [0.4, 0.5) is 0 Å². The van der Waals surface area contributed by atoms with Crippen LogP contribution < -0.4 is 0 Å². The lowest BCUT2D eigenvalue weighted by Crippen LogP contribution is -2.40. The summed E-state index contributed by atoms with van der Waals surface area (Å²) in [6.07, 6.45) is 7.20. The first-order chi connectivity index (χ1) is 7.79. The maximum absolute atomic E-state index is 6.20. The molecule has 3 fully saturated rings. The zero-order valence-corrected chi connectivity index (χ0v) is 9.98. The van der Waals surface area contributed by atoms with Crippen LogP contribution in [0.25, 0.3) is 0 Å². The fraction of sp³-hybridized carbons (Fsp3) is 1.00. The molecule has 3 rings (SSSR count). The van der Waals surface area contributed by atoms with Crippen molar-refractivity contribution in [2.24, 2.45) is 0 Å². The Morgan fingerprint density at radius 3 is 2.69 bits per heavy atom. The van der Waals surface area contributed by atoms with Gasteiger partial charge in [-0.15, -0.1) is 0 Å². The van der Waals surface area contributed by atoms with Gasteiger partial charge in [-0.25, -0.2) is 0 Å². The van der Waals surface area contributed by atoms with Crippen LogP contribution in [0, 0.1) is 0 Å². The van der Waals surface area contributed by atoms with Gasteiger partial charge in [-0.3, -0.25) is 4.84 Å². The summed E-state index contributed by atoms with van der Waals surface area (Å²) in [6.45, 7) is 1.55. The van der Waals surface area contributed by atoms with Gasteiger partial charge in [0.15, 0.2) is 5.79 Å². The highest BCUT2D eigenvalue weighted by Crippen LogP contribution is 2.39. The first-order valence-corrected chi connectivity index (χ1v) is 6.47. The Kier molecular flexibility index (Phi) is 2.92. The molecule has 2 heterocycles. The largest absolute Gasteiger partial charge is 0.347 e. The third kappa shape index (κ3) is 1.88. The molecule has 0 N–H and O–H groups in total. The van der Waals surface area contributed by atoms with Gasteiger partial charge in [0.25, 0.3) is 0 Å². The molecule has 0 amide bonds. The molecule has 3 aliphatic rings. The van der Waals surface area contributed by atoms with E-state index in [0.717, 1.165) is 32.5 Å². The molecule has 16 heavy (non-hydrogen) atoms. The number of rotatable bonds is 1. The fourth-order valence-electron chi connectivity index (χ4n) is 3.14. The van der Waals surface area contributed by atoms with Gasteiger partial charge in [-0.05, 0) is 19.3 Å². The Hall–Kier alpha value is -0.160. The Morgan fingerprint density at radius 1 is 1.19 bits per heavy atom. The number of ether oxygens (including phenoxy) is 2. The quantitative estimate of drug-likeness (QED) is 0.682. The third-order valence-electron chi connectivity index (χ3n) is 4.10. The Morgan fingerprint density at radius 2 is 2.00 bits per heavy atom. The van der Waals surface area contributed by atoms with Crippen LogP contribution in [0.15, 0.2) is 0 Å². The summed E-state index contributed by atoms with van der Waals surface area (Å²) >= 11 is 0. The first-order valence-electron chi connectivity index (χ1n) is 6.47. The van der Waals surface area contributed by atoms with E-state index in [0.29, 0.717) is 6.04 Å². The smallest absolute Gasteiger partial charge is 0.168 e. The van der Waals surface area contributed by atoms with Crippen molar-refractivity contribution in [1.29, 1.82) is 0 Å². The second-order valence-corrected chi connectivity index (χ2v) is 5.17. The molecule has 2 saturated heterocycles. The lowest BCUT2D eigenvalue weighted by Gasteiger charge is -2.32. The molecule has 0 radical (unpaired) electrons. The lowest BCUT2D eigenvalue weighted by molar-refractivity contribution is -0.201. The van der Waals surface area contributed by atoms with Crippen LogP contribution in [-0.4, -0.2) is 43.3 Å². The molecular formula is C12H21NO3. The molecule has 1 spiro atoms. The van der Waals surface area contributed by atoms with Crippen molar-refractivity contribution in [3.63, 3.8) is 0 Å². The third-order valence-corrected chi connectivity index (χ3v) is 4.10. The van der Waals surface area contributed by atoms with Crippen LogP contribution in [0.3, 0.4) is 0 Å². The standard InChI is InChI=1S/C12H21NO3/c1-13-10(5-8-15-13)11-9-14-12(16-11)6-3-2-4-7-12/h10-11H,2-9H2,1H3/t10-,11-/m1/s1. The molecule has 0 bridgehead atoms. The van der Waals surface area contributed by atoms with Crippen molar-refractivity contribution in [3.05, 3.63) is 0 Å². The van der Waals surface area contributed by atoms with Gasteiger partial charge >= 0.3 is 0 Å². The van der Waals surface area contributed by atoms with E-state index in [-0.39, 0.29) is 11.9 Å². The summed E-state index contributed by atoms with van der Waals surface area (Å²) < 4.78 is 12.2. The predicted octanol–water partition coefficient (Wildman–Crippen LogP) is 1.70. The summed E-state index contributed by atoms with van der Waals surface area (Å²) in [5.41, 5.74) is 0. The van der Waals surface area contributed by atoms with E-state index in [9.17, 15) is 0 Å². The summed E-state index contributed by atoms with van der Waals surface area (Å²) in [5, 5.41) is 1.94. The molecule has 4 nitrogen and oxygen atoms in total. The zero-order valence-electron chi connectivity index (χ0n) is 9.98. The van der Waals surface area contributed by atoms with E-state index >= 15 is 0 Å². The Labute approximate surface area is 96.8 Å². The molecule has 2 aliphatic heterocycles. The van der Waals surface area contributed by atoms with E-state index in [1.807, 2.05) is 12.1 Å². The van der Waals surface area contributed by atoms with Crippen LogP contribution >= 0.6 is 0 Å². The molecule has 4 heteroatoms. The molecule has 0 unspecified atom stereocenters. The fourth-order valence-corrected chi connectivity index (χ4v) is 3.14. The molecule has 0 aromatic rings. The maximum Gasteiger partial charge on any atom is 0.168 e. The monoisotopic (exact) mass is 227 g/mol. The minimum absolute atomic E-state index is 0.200. The maximum atomic E-state index is 6.20. The molecular weight excluding hydrogens is 206 g/mol. The van der Waals surface area contributed by atoms with E-state index in [1.54, 1.807) is 0 Å². The highest BCUT2D eigenvalue weighted by Gasteiger charge is 2.46. The van der Waals surface area contributed by atoms with Gasteiger partial charge in [0.2, 0.25) is 0 Å². The van der Waals surface area contributed by atoms with Gasteiger partial charge < -0.3 is 9.47 Å². The summed E-state index contributed by atoms with van der Waals surface area (Å²) in [6, 6.07) is 0.376. The van der Waals surface area contributed by atoms with Crippen LogP contribution in [0.5, 0.6) is 0 Å². The van der Waals surface area contributed by atoms with Gasteiger partial charge in [0.1, 0.15) is 6.10 Å². The summed E-state index contributed by atoms with van der Waals surface area (Å²) in [4.78, 5) is 5.45. The number of hydroxylamine groups is 2. The van der Waals surface area contributed by atoms with Crippen molar-refractivity contribution in [2.45, 2.75) is 56.5 Å². The molecule has 0 aromatic heterocycles. The summed E-state index contributed by atoms with van der Waals surface area (Å²) in [5.74, 6) is -0.244. The minimum Gasteiger partial charge on any atom is -0.347 e. The summed E-state index contributed by atoms with van der Waals surface area (Å²) in [7, 11) is 1.99. The van der Waals surface area contributed by atoms with E-state index in [2.05, 4.69) is 0 Å². The van der Waals surface area contributed by atoms with Crippen LogP contribution in [0.2, 0.25) is 0 Å². The van der Waals surface area contributed by atoms with Crippen molar-refractivity contribution in [2.75, 3.05) is 20.3 Å². The lowest BCUT2D eigenvalue weighted by atomic mass is 9.94. The van der Waals surface area contributed by atoms with Crippen molar-refractivity contribution in [3.8, 4) is 0 Å². The minimum atomic E-state index is -0.244. The molecule has 2 atom stereocenters. The van der Waals surface area contributed by atoms with Crippen LogP contribution in [-0.2, 0) is 14.3 Å². The predicted molar refractivity (Wildman–Crippen MR) is 58.8 cm³/mol. The number of hydrogen-bond donors (Lipinski definition) is 0. The Balaban J connectivity index is 1.63. The average molecular weight is 227 g/mol. The topological polar surface area (TPSA) is 30.9 Å². The van der Waals surface area contributed by atoms with Crippen molar-refractivity contribution in [1.82, 2.24) is 5.06 Å². The van der Waals surface area contributed by atoms with Gasteiger partial charge in [-0.1, -0.05) is 6.42 Å². The Bertz CT molecular complexity index is 253. The zero-order chi connectivity index (χ0) is 11.0. The highest BCUT2D eigenvalue weighted by molar-refractivity contribution is 4.88. The SMILES string of the molecule is CN1OCC[C@@H]1[C@H]1COC2(CCCCC2)O1. The van der Waals surface area contributed by atoms with Gasteiger partial charge in [-0.2, -0.15) is 5.06 Å². The van der Waals surface area contributed by atoms with Crippen molar-refractivity contribution >= 4 is 0 Å². The second-order valence-electron chi connectivity index (χ2n) is 5.17. The highest BCUT2D eigenvalue weighted by atomic mass is 16.8. The molecule has 1 aliphatic carbocycles. The van der Waals surface area contributed by atoms with E-state index in [1.165, 1.54) is 19.3 Å². The number of nitrogens with zero attached hydrogens (tertiary/aromatic N) is 1. The molecule has 92 valence electrons. The van der Waals surface area contributed by atoms with Gasteiger partial charge in [0.05, 0.1) is 19.3 Å². The number of likely N-dealkylation sites (N-methyl/N-ethyl adjacent to an activating group) is 1. The van der Waals surface area contributed by atoms with Gasteiger partial charge in [0, 0.05) is 19.9 Å². The van der Waals surface area contributed by atoms with E-state index in [4.69, 9.17) is 14.3 Å². The normalized spacial score (nSPS) is 39.6. The first kappa shape index (κ1) is 11.0. The average Bonchev–Trinajstić information content (AvgIpc) is 2.87. The van der Waals surface area contributed by atoms with E-state index < -0.39 is 0 Å². The van der Waals surface area contributed by atoms with Crippen molar-refractivity contribution < 1.29 is 14.3 Å². The molecule has 1 saturated carbocycles. The second kappa shape index (κ2) is 4.26. The number of hydrogen-bond acceptors (Lipinski definition) is 4. The van der Waals surface area contributed by atoms with Crippen LogP contribution in [0.1, 0.15) is 38.5 Å².